The van der Waals surface area contributed by atoms with Gasteiger partial charge in [0.15, 0.2) is 0 Å². The zero-order chi connectivity index (χ0) is 12.5. The first-order valence-corrected chi connectivity index (χ1v) is 5.66. The van der Waals surface area contributed by atoms with Gasteiger partial charge in [0.1, 0.15) is 6.04 Å². The molecule has 2 rings (SSSR count). The van der Waals surface area contributed by atoms with Crippen LogP contribution in [0.1, 0.15) is 24.4 Å². The van der Waals surface area contributed by atoms with E-state index in [1.54, 1.807) is 12.1 Å². The lowest BCUT2D eigenvalue weighted by Crippen LogP contribution is -2.28. The third-order valence-corrected chi connectivity index (χ3v) is 3.08. The van der Waals surface area contributed by atoms with Gasteiger partial charge in [0.2, 0.25) is 0 Å². The molecule has 0 bridgehead atoms. The number of rotatable bonds is 2. The summed E-state index contributed by atoms with van der Waals surface area (Å²) in [7, 11) is 0. The molecule has 1 aliphatic rings. The zero-order valence-corrected chi connectivity index (χ0v) is 9.37. The molecule has 0 spiro atoms. The summed E-state index contributed by atoms with van der Waals surface area (Å²) in [4.78, 5) is 2.17. The number of halogens is 3. The maximum absolute atomic E-state index is 12.4. The Morgan fingerprint density at radius 3 is 2.06 bits per heavy atom. The fourth-order valence-electron chi connectivity index (χ4n) is 2.06. The van der Waals surface area contributed by atoms with E-state index in [9.17, 15) is 13.2 Å². The molecule has 1 atom stereocenters. The van der Waals surface area contributed by atoms with Crippen LogP contribution in [-0.2, 0) is 0 Å². The average molecular weight is 244 g/mol. The van der Waals surface area contributed by atoms with Crippen molar-refractivity contribution in [2.24, 2.45) is 5.73 Å². The first-order chi connectivity index (χ1) is 7.98. The van der Waals surface area contributed by atoms with Crippen LogP contribution in [0.4, 0.5) is 18.9 Å². The van der Waals surface area contributed by atoms with Gasteiger partial charge in [-0.05, 0) is 30.5 Å². The maximum atomic E-state index is 12.4. The topological polar surface area (TPSA) is 29.3 Å². The SMILES string of the molecule is NC(c1ccc(N2CCCC2)cc1)C(F)(F)F. The molecule has 2 nitrogen and oxygen atoms in total. The Kier molecular flexibility index (Phi) is 3.28. The van der Waals surface area contributed by atoms with E-state index in [1.165, 1.54) is 12.1 Å². The predicted molar refractivity (Wildman–Crippen MR) is 60.9 cm³/mol. The Labute approximate surface area is 98.2 Å². The second kappa shape index (κ2) is 4.56. The Morgan fingerprint density at radius 2 is 1.59 bits per heavy atom. The molecule has 0 amide bonds. The van der Waals surface area contributed by atoms with Crippen molar-refractivity contribution in [3.8, 4) is 0 Å². The number of benzene rings is 1. The van der Waals surface area contributed by atoms with Crippen molar-refractivity contribution in [2.75, 3.05) is 18.0 Å². The molecule has 0 aromatic heterocycles. The quantitative estimate of drug-likeness (QED) is 0.866. The molecular weight excluding hydrogens is 229 g/mol. The van der Waals surface area contributed by atoms with Crippen LogP contribution in [0.25, 0.3) is 0 Å². The van der Waals surface area contributed by atoms with Gasteiger partial charge in [0, 0.05) is 18.8 Å². The minimum atomic E-state index is -4.38. The largest absolute Gasteiger partial charge is 0.407 e. The molecule has 1 heterocycles. The van der Waals surface area contributed by atoms with Crippen molar-refractivity contribution >= 4 is 5.69 Å². The highest BCUT2D eigenvalue weighted by Gasteiger charge is 2.37. The summed E-state index contributed by atoms with van der Waals surface area (Å²) in [6.45, 7) is 1.95. The number of nitrogens with zero attached hydrogens (tertiary/aromatic N) is 1. The van der Waals surface area contributed by atoms with Crippen LogP contribution in [0.3, 0.4) is 0 Å². The van der Waals surface area contributed by atoms with Gasteiger partial charge >= 0.3 is 6.18 Å². The van der Waals surface area contributed by atoms with Crippen LogP contribution in [0.2, 0.25) is 0 Å². The van der Waals surface area contributed by atoms with E-state index in [4.69, 9.17) is 5.73 Å². The van der Waals surface area contributed by atoms with Gasteiger partial charge in [-0.15, -0.1) is 0 Å². The predicted octanol–water partition coefficient (Wildman–Crippen LogP) is 2.85. The van der Waals surface area contributed by atoms with E-state index < -0.39 is 12.2 Å². The van der Waals surface area contributed by atoms with Gasteiger partial charge in [-0.3, -0.25) is 0 Å². The lowest BCUT2D eigenvalue weighted by Gasteiger charge is -2.20. The molecule has 1 aromatic rings. The van der Waals surface area contributed by atoms with Crippen LogP contribution in [0.15, 0.2) is 24.3 Å². The van der Waals surface area contributed by atoms with Crippen molar-refractivity contribution in [3.05, 3.63) is 29.8 Å². The average Bonchev–Trinajstić information content (AvgIpc) is 2.80. The molecule has 1 saturated heterocycles. The van der Waals surface area contributed by atoms with E-state index in [1.807, 2.05) is 0 Å². The highest BCUT2D eigenvalue weighted by molar-refractivity contribution is 5.48. The number of alkyl halides is 3. The van der Waals surface area contributed by atoms with E-state index in [0.717, 1.165) is 31.6 Å². The van der Waals surface area contributed by atoms with E-state index in [2.05, 4.69) is 4.90 Å². The van der Waals surface area contributed by atoms with Gasteiger partial charge in [-0.1, -0.05) is 12.1 Å². The Balaban J connectivity index is 2.12. The summed E-state index contributed by atoms with van der Waals surface area (Å²) in [5, 5.41) is 0. The number of hydrogen-bond acceptors (Lipinski definition) is 2. The Bertz CT molecular complexity index is 366. The van der Waals surface area contributed by atoms with Crippen LogP contribution in [0.5, 0.6) is 0 Å². The highest BCUT2D eigenvalue weighted by Crippen LogP contribution is 2.31. The fraction of sp³-hybridized carbons (Fsp3) is 0.500. The maximum Gasteiger partial charge on any atom is 0.407 e. The third kappa shape index (κ3) is 2.72. The van der Waals surface area contributed by atoms with Crippen molar-refractivity contribution in [1.82, 2.24) is 0 Å². The first-order valence-electron chi connectivity index (χ1n) is 5.66. The summed E-state index contributed by atoms with van der Waals surface area (Å²) in [5.74, 6) is 0. The first kappa shape index (κ1) is 12.2. The molecule has 5 heteroatoms. The van der Waals surface area contributed by atoms with Crippen molar-refractivity contribution in [3.63, 3.8) is 0 Å². The van der Waals surface area contributed by atoms with Gasteiger partial charge in [-0.25, -0.2) is 0 Å². The standard InChI is InChI=1S/C12H15F3N2/c13-12(14,15)11(16)9-3-5-10(6-4-9)17-7-1-2-8-17/h3-6,11H,1-2,7-8,16H2. The third-order valence-electron chi connectivity index (χ3n) is 3.08. The summed E-state index contributed by atoms with van der Waals surface area (Å²) < 4.78 is 37.2. The molecule has 0 aliphatic carbocycles. The molecule has 17 heavy (non-hydrogen) atoms. The summed E-state index contributed by atoms with van der Waals surface area (Å²) in [5.41, 5.74) is 6.22. The minimum absolute atomic E-state index is 0.112. The molecular formula is C12H15F3N2. The van der Waals surface area contributed by atoms with Crippen molar-refractivity contribution < 1.29 is 13.2 Å². The van der Waals surface area contributed by atoms with Crippen molar-refractivity contribution in [2.45, 2.75) is 25.1 Å². The molecule has 1 fully saturated rings. The Hall–Kier alpha value is -1.23. The molecule has 94 valence electrons. The van der Waals surface area contributed by atoms with Crippen LogP contribution in [-0.4, -0.2) is 19.3 Å². The summed E-state index contributed by atoms with van der Waals surface area (Å²) >= 11 is 0. The number of hydrogen-bond donors (Lipinski definition) is 1. The van der Waals surface area contributed by atoms with E-state index in [-0.39, 0.29) is 5.56 Å². The number of anilines is 1. The van der Waals surface area contributed by atoms with Gasteiger partial charge in [0.25, 0.3) is 0 Å². The molecule has 2 N–H and O–H groups in total. The van der Waals surface area contributed by atoms with Gasteiger partial charge in [-0.2, -0.15) is 13.2 Å². The van der Waals surface area contributed by atoms with Crippen molar-refractivity contribution in [1.29, 1.82) is 0 Å². The number of nitrogens with two attached hydrogens (primary N) is 1. The van der Waals surface area contributed by atoms with Crippen LogP contribution >= 0.6 is 0 Å². The van der Waals surface area contributed by atoms with Gasteiger partial charge < -0.3 is 10.6 Å². The highest BCUT2D eigenvalue weighted by atomic mass is 19.4. The second-order valence-electron chi connectivity index (χ2n) is 4.30. The molecule has 0 saturated carbocycles. The van der Waals surface area contributed by atoms with E-state index >= 15 is 0 Å². The summed E-state index contributed by atoms with van der Waals surface area (Å²) in [6, 6.07) is 4.46. The molecule has 1 aromatic carbocycles. The molecule has 0 radical (unpaired) electrons. The normalized spacial score (nSPS) is 18.5. The molecule has 1 unspecified atom stereocenters. The van der Waals surface area contributed by atoms with Gasteiger partial charge in [0.05, 0.1) is 0 Å². The summed E-state index contributed by atoms with van der Waals surface area (Å²) in [6.07, 6.45) is -2.09. The van der Waals surface area contributed by atoms with E-state index in [0.29, 0.717) is 0 Å². The second-order valence-corrected chi connectivity index (χ2v) is 4.30. The zero-order valence-electron chi connectivity index (χ0n) is 9.37. The van der Waals surface area contributed by atoms with Crippen LogP contribution < -0.4 is 10.6 Å². The molecule has 1 aliphatic heterocycles. The fourth-order valence-corrected chi connectivity index (χ4v) is 2.06. The Morgan fingerprint density at radius 1 is 1.06 bits per heavy atom. The lowest BCUT2D eigenvalue weighted by molar-refractivity contribution is -0.149. The monoisotopic (exact) mass is 244 g/mol. The lowest BCUT2D eigenvalue weighted by atomic mass is 10.1. The minimum Gasteiger partial charge on any atom is -0.372 e. The van der Waals surface area contributed by atoms with Crippen LogP contribution in [0, 0.1) is 0 Å². The smallest absolute Gasteiger partial charge is 0.372 e.